The molecule has 1 aromatic rings. The van der Waals surface area contributed by atoms with Crippen LogP contribution in [-0.4, -0.2) is 24.0 Å². The minimum Gasteiger partial charge on any atom is -0.465 e. The third-order valence-electron chi connectivity index (χ3n) is 3.09. The average Bonchev–Trinajstić information content (AvgIpc) is 2.67. The van der Waals surface area contributed by atoms with E-state index in [0.717, 1.165) is 37.7 Å². The summed E-state index contributed by atoms with van der Waals surface area (Å²) >= 11 is 0. The lowest BCUT2D eigenvalue weighted by molar-refractivity contribution is 0.236. The molecule has 0 fully saturated rings. The third kappa shape index (κ3) is 4.31. The molecule has 3 nitrogen and oxygen atoms in total. The molecule has 1 heterocycles. The van der Waals surface area contributed by atoms with Crippen molar-refractivity contribution < 1.29 is 4.42 Å². The van der Waals surface area contributed by atoms with Gasteiger partial charge in [-0.25, -0.2) is 0 Å². The van der Waals surface area contributed by atoms with Gasteiger partial charge in [-0.15, -0.1) is 6.58 Å². The van der Waals surface area contributed by atoms with E-state index in [0.29, 0.717) is 6.04 Å². The second kappa shape index (κ2) is 7.39. The second-order valence-corrected chi connectivity index (χ2v) is 4.89. The first-order valence-corrected chi connectivity index (χ1v) is 6.72. The highest BCUT2D eigenvalue weighted by atomic mass is 16.3. The van der Waals surface area contributed by atoms with Crippen LogP contribution in [0.3, 0.4) is 0 Å². The van der Waals surface area contributed by atoms with E-state index >= 15 is 0 Å². The Morgan fingerprint density at radius 3 is 2.78 bits per heavy atom. The van der Waals surface area contributed by atoms with Crippen molar-refractivity contribution in [2.75, 3.05) is 13.1 Å². The largest absolute Gasteiger partial charge is 0.465 e. The summed E-state index contributed by atoms with van der Waals surface area (Å²) in [6, 6.07) is 2.67. The van der Waals surface area contributed by atoms with Gasteiger partial charge in [-0.1, -0.05) is 13.0 Å². The van der Waals surface area contributed by atoms with Gasteiger partial charge in [-0.05, 0) is 33.4 Å². The highest BCUT2D eigenvalue weighted by molar-refractivity contribution is 5.21. The molecule has 3 heteroatoms. The monoisotopic (exact) mass is 250 g/mol. The van der Waals surface area contributed by atoms with Crippen LogP contribution in [0.15, 0.2) is 23.1 Å². The van der Waals surface area contributed by atoms with Crippen molar-refractivity contribution in [2.24, 2.45) is 0 Å². The maximum absolute atomic E-state index is 5.76. The molecule has 0 radical (unpaired) electrons. The smallest absolute Gasteiger partial charge is 0.118 e. The first-order chi connectivity index (χ1) is 8.58. The topological polar surface area (TPSA) is 28.4 Å². The lowest BCUT2D eigenvalue weighted by atomic mass is 10.2. The van der Waals surface area contributed by atoms with Gasteiger partial charge >= 0.3 is 0 Å². The number of nitrogens with zero attached hydrogens (tertiary/aromatic N) is 1. The zero-order valence-electron chi connectivity index (χ0n) is 12.1. The van der Waals surface area contributed by atoms with E-state index in [1.54, 1.807) is 0 Å². The molecule has 0 bridgehead atoms. The fourth-order valence-electron chi connectivity index (χ4n) is 1.92. The molecular weight excluding hydrogens is 224 g/mol. The van der Waals surface area contributed by atoms with Gasteiger partial charge in [0.05, 0.1) is 6.54 Å². The van der Waals surface area contributed by atoms with E-state index in [-0.39, 0.29) is 0 Å². The normalized spacial score (nSPS) is 11.4. The lowest BCUT2D eigenvalue weighted by Gasteiger charge is -2.24. The van der Waals surface area contributed by atoms with Crippen LogP contribution in [0.2, 0.25) is 0 Å². The number of furan rings is 1. The molecule has 0 unspecified atom stereocenters. The van der Waals surface area contributed by atoms with Gasteiger partial charge in [-0.2, -0.15) is 0 Å². The SMILES string of the molecule is C=CCN(Cc1cc(CNCC)oc1C)C(C)C. The maximum Gasteiger partial charge on any atom is 0.118 e. The molecule has 0 amide bonds. The van der Waals surface area contributed by atoms with Crippen molar-refractivity contribution in [3.63, 3.8) is 0 Å². The van der Waals surface area contributed by atoms with E-state index in [2.05, 4.69) is 43.6 Å². The Kier molecular flexibility index (Phi) is 6.16. The van der Waals surface area contributed by atoms with Crippen molar-refractivity contribution in [1.29, 1.82) is 0 Å². The van der Waals surface area contributed by atoms with Crippen LogP contribution in [0, 0.1) is 6.92 Å². The molecule has 0 aliphatic carbocycles. The highest BCUT2D eigenvalue weighted by Crippen LogP contribution is 2.17. The van der Waals surface area contributed by atoms with Gasteiger partial charge in [0, 0.05) is 24.7 Å². The summed E-state index contributed by atoms with van der Waals surface area (Å²) in [4.78, 5) is 2.38. The molecule has 0 atom stereocenters. The fraction of sp³-hybridized carbons (Fsp3) is 0.600. The minimum absolute atomic E-state index is 0.509. The molecule has 18 heavy (non-hydrogen) atoms. The Bertz CT molecular complexity index is 369. The van der Waals surface area contributed by atoms with Gasteiger partial charge in [-0.3, -0.25) is 4.90 Å². The second-order valence-electron chi connectivity index (χ2n) is 4.89. The van der Waals surface area contributed by atoms with Crippen molar-refractivity contribution in [3.8, 4) is 0 Å². The Hall–Kier alpha value is -1.06. The van der Waals surface area contributed by atoms with E-state index in [1.807, 2.05) is 13.0 Å². The summed E-state index contributed by atoms with van der Waals surface area (Å²) in [7, 11) is 0. The minimum atomic E-state index is 0.509. The number of rotatable bonds is 8. The van der Waals surface area contributed by atoms with E-state index < -0.39 is 0 Å². The molecule has 1 rings (SSSR count). The molecule has 0 aliphatic heterocycles. The quantitative estimate of drug-likeness (QED) is 0.719. The van der Waals surface area contributed by atoms with Crippen LogP contribution in [0.5, 0.6) is 0 Å². The summed E-state index contributed by atoms with van der Waals surface area (Å²) in [5.41, 5.74) is 1.28. The summed E-state index contributed by atoms with van der Waals surface area (Å²) in [5.74, 6) is 2.05. The third-order valence-corrected chi connectivity index (χ3v) is 3.09. The Balaban J connectivity index is 2.70. The molecular formula is C15H26N2O. The number of aryl methyl sites for hydroxylation is 1. The summed E-state index contributed by atoms with van der Waals surface area (Å²) < 4.78 is 5.76. The number of hydrogen-bond acceptors (Lipinski definition) is 3. The summed E-state index contributed by atoms with van der Waals surface area (Å²) in [6.07, 6.45) is 1.95. The predicted octanol–water partition coefficient (Wildman–Crippen LogP) is 3.09. The van der Waals surface area contributed by atoms with Crippen LogP contribution in [0.4, 0.5) is 0 Å². The van der Waals surface area contributed by atoms with Gasteiger partial charge in [0.15, 0.2) is 0 Å². The van der Waals surface area contributed by atoms with Crippen molar-refractivity contribution in [3.05, 3.63) is 35.8 Å². The first kappa shape index (κ1) is 15.0. The summed E-state index contributed by atoms with van der Waals surface area (Å²) in [5, 5.41) is 3.28. The number of nitrogens with one attached hydrogen (secondary N) is 1. The lowest BCUT2D eigenvalue weighted by Crippen LogP contribution is -2.30. The molecule has 1 aromatic heterocycles. The standard InChI is InChI=1S/C15H26N2O/c1-6-8-17(12(3)4)11-14-9-15(10-16-7-2)18-13(14)5/h6,9,12,16H,1,7-8,10-11H2,2-5H3. The Morgan fingerprint density at radius 2 is 2.22 bits per heavy atom. The molecule has 1 N–H and O–H groups in total. The molecule has 0 aromatic carbocycles. The molecule has 0 saturated carbocycles. The Morgan fingerprint density at radius 1 is 1.50 bits per heavy atom. The van der Waals surface area contributed by atoms with Crippen LogP contribution >= 0.6 is 0 Å². The fourth-order valence-corrected chi connectivity index (χ4v) is 1.92. The van der Waals surface area contributed by atoms with Crippen molar-refractivity contribution in [2.45, 2.75) is 46.8 Å². The van der Waals surface area contributed by atoms with Crippen LogP contribution in [0.25, 0.3) is 0 Å². The van der Waals surface area contributed by atoms with E-state index in [1.165, 1.54) is 5.56 Å². The van der Waals surface area contributed by atoms with Crippen LogP contribution in [0.1, 0.15) is 37.9 Å². The summed E-state index contributed by atoms with van der Waals surface area (Å²) in [6.45, 7) is 16.0. The van der Waals surface area contributed by atoms with E-state index in [4.69, 9.17) is 4.42 Å². The van der Waals surface area contributed by atoms with Crippen LogP contribution < -0.4 is 5.32 Å². The number of hydrogen-bond donors (Lipinski definition) is 1. The molecule has 102 valence electrons. The molecule has 0 aliphatic rings. The predicted molar refractivity (Wildman–Crippen MR) is 76.6 cm³/mol. The highest BCUT2D eigenvalue weighted by Gasteiger charge is 2.13. The van der Waals surface area contributed by atoms with E-state index in [9.17, 15) is 0 Å². The molecule has 0 spiro atoms. The molecule has 0 saturated heterocycles. The van der Waals surface area contributed by atoms with Crippen molar-refractivity contribution >= 4 is 0 Å². The van der Waals surface area contributed by atoms with Crippen molar-refractivity contribution in [1.82, 2.24) is 10.2 Å². The maximum atomic E-state index is 5.76. The first-order valence-electron chi connectivity index (χ1n) is 6.72. The Labute approximate surface area is 111 Å². The average molecular weight is 250 g/mol. The van der Waals surface area contributed by atoms with Gasteiger partial charge in [0.2, 0.25) is 0 Å². The van der Waals surface area contributed by atoms with Crippen LogP contribution in [-0.2, 0) is 13.1 Å². The van der Waals surface area contributed by atoms with Gasteiger partial charge < -0.3 is 9.73 Å². The van der Waals surface area contributed by atoms with Gasteiger partial charge in [0.25, 0.3) is 0 Å². The van der Waals surface area contributed by atoms with Gasteiger partial charge in [0.1, 0.15) is 11.5 Å². The zero-order valence-corrected chi connectivity index (χ0v) is 12.1. The zero-order chi connectivity index (χ0) is 13.5.